The van der Waals surface area contributed by atoms with Gasteiger partial charge in [0.1, 0.15) is 0 Å². The van der Waals surface area contributed by atoms with Gasteiger partial charge in [0.15, 0.2) is 11.5 Å². The molecule has 0 unspecified atom stereocenters. The average molecular weight is 247 g/mol. The zero-order valence-electron chi connectivity index (χ0n) is 11.2. The van der Waals surface area contributed by atoms with Crippen LogP contribution in [0.15, 0.2) is 18.2 Å². The van der Waals surface area contributed by atoms with E-state index in [-0.39, 0.29) is 5.54 Å². The van der Waals surface area contributed by atoms with E-state index in [9.17, 15) is 0 Å². The molecule has 1 aliphatic carbocycles. The molecule has 1 heterocycles. The quantitative estimate of drug-likeness (QED) is 0.892. The third-order valence-electron chi connectivity index (χ3n) is 4.83. The largest absolute Gasteiger partial charge is 0.454 e. The van der Waals surface area contributed by atoms with Crippen LogP contribution < -0.4 is 15.2 Å². The SMILES string of the molecule is CCC1(CC)CC(N)(c2ccc3c(c2)OCO3)C1. The van der Waals surface area contributed by atoms with Crippen molar-refractivity contribution < 1.29 is 9.47 Å². The van der Waals surface area contributed by atoms with Gasteiger partial charge in [-0.05, 0) is 36.0 Å². The predicted octanol–water partition coefficient (Wildman–Crippen LogP) is 3.17. The van der Waals surface area contributed by atoms with Gasteiger partial charge in [-0.15, -0.1) is 0 Å². The zero-order chi connectivity index (χ0) is 12.8. The molecule has 0 spiro atoms. The molecule has 0 saturated heterocycles. The zero-order valence-corrected chi connectivity index (χ0v) is 11.2. The molecule has 3 heteroatoms. The molecule has 98 valence electrons. The maximum Gasteiger partial charge on any atom is 0.231 e. The number of fused-ring (bicyclic) bond motifs is 1. The van der Waals surface area contributed by atoms with Crippen molar-refractivity contribution in [1.82, 2.24) is 0 Å². The third kappa shape index (κ3) is 1.61. The summed E-state index contributed by atoms with van der Waals surface area (Å²) in [5.74, 6) is 1.67. The van der Waals surface area contributed by atoms with Crippen LogP contribution in [0.5, 0.6) is 11.5 Å². The van der Waals surface area contributed by atoms with Crippen LogP contribution in [-0.4, -0.2) is 6.79 Å². The van der Waals surface area contributed by atoms with Gasteiger partial charge in [-0.25, -0.2) is 0 Å². The van der Waals surface area contributed by atoms with Crippen molar-refractivity contribution >= 4 is 0 Å². The maximum absolute atomic E-state index is 6.55. The number of rotatable bonds is 3. The maximum atomic E-state index is 6.55. The Morgan fingerprint density at radius 1 is 1.11 bits per heavy atom. The summed E-state index contributed by atoms with van der Waals surface area (Å²) in [7, 11) is 0. The lowest BCUT2D eigenvalue weighted by Gasteiger charge is -2.54. The minimum absolute atomic E-state index is 0.174. The molecule has 1 aliphatic heterocycles. The summed E-state index contributed by atoms with van der Waals surface area (Å²) in [6.45, 7) is 4.86. The Labute approximate surface area is 108 Å². The lowest BCUT2D eigenvalue weighted by molar-refractivity contribution is 0.0165. The lowest BCUT2D eigenvalue weighted by Crippen LogP contribution is -2.55. The fraction of sp³-hybridized carbons (Fsp3) is 0.600. The van der Waals surface area contributed by atoms with Gasteiger partial charge in [0.05, 0.1) is 0 Å². The minimum atomic E-state index is -0.174. The lowest BCUT2D eigenvalue weighted by atomic mass is 9.53. The van der Waals surface area contributed by atoms with Gasteiger partial charge in [-0.2, -0.15) is 0 Å². The van der Waals surface area contributed by atoms with Crippen LogP contribution in [0.2, 0.25) is 0 Å². The normalized spacial score (nSPS) is 22.6. The Morgan fingerprint density at radius 2 is 1.78 bits per heavy atom. The van der Waals surface area contributed by atoms with Crippen molar-refractivity contribution in [2.75, 3.05) is 6.79 Å². The Morgan fingerprint density at radius 3 is 2.44 bits per heavy atom. The van der Waals surface area contributed by atoms with Gasteiger partial charge in [0, 0.05) is 5.54 Å². The van der Waals surface area contributed by atoms with Crippen molar-refractivity contribution in [3.63, 3.8) is 0 Å². The average Bonchev–Trinajstić information content (AvgIpc) is 2.81. The van der Waals surface area contributed by atoms with E-state index in [1.807, 2.05) is 6.07 Å². The molecule has 1 fully saturated rings. The Kier molecular flexibility index (Phi) is 2.56. The number of benzene rings is 1. The first-order valence-electron chi connectivity index (χ1n) is 6.80. The summed E-state index contributed by atoms with van der Waals surface area (Å²) in [6.07, 6.45) is 4.58. The number of ether oxygens (including phenoxy) is 2. The molecule has 1 aromatic carbocycles. The van der Waals surface area contributed by atoms with Crippen molar-refractivity contribution in [2.45, 2.75) is 45.1 Å². The van der Waals surface area contributed by atoms with Gasteiger partial charge in [0.2, 0.25) is 6.79 Å². The van der Waals surface area contributed by atoms with E-state index in [2.05, 4.69) is 26.0 Å². The van der Waals surface area contributed by atoms with Crippen LogP contribution in [0.1, 0.15) is 45.1 Å². The molecule has 0 amide bonds. The van der Waals surface area contributed by atoms with E-state index in [0.29, 0.717) is 12.2 Å². The van der Waals surface area contributed by atoms with E-state index in [4.69, 9.17) is 15.2 Å². The standard InChI is InChI=1S/C15H21NO2/c1-3-14(4-2)8-15(16,9-14)11-5-6-12-13(7-11)18-10-17-12/h5-7H,3-4,8-10,16H2,1-2H3. The predicted molar refractivity (Wildman–Crippen MR) is 70.7 cm³/mol. The summed E-state index contributed by atoms with van der Waals surface area (Å²) in [5.41, 5.74) is 8.01. The first-order valence-corrected chi connectivity index (χ1v) is 6.80. The van der Waals surface area contributed by atoms with Crippen LogP contribution >= 0.6 is 0 Å². The fourth-order valence-corrected chi connectivity index (χ4v) is 3.45. The summed E-state index contributed by atoms with van der Waals surface area (Å²) < 4.78 is 10.8. The van der Waals surface area contributed by atoms with E-state index < -0.39 is 0 Å². The van der Waals surface area contributed by atoms with Gasteiger partial charge < -0.3 is 15.2 Å². The second kappa shape index (κ2) is 3.89. The molecule has 1 aromatic rings. The second-order valence-corrected chi connectivity index (χ2v) is 5.78. The van der Waals surface area contributed by atoms with Gasteiger partial charge in [0.25, 0.3) is 0 Å². The monoisotopic (exact) mass is 247 g/mol. The van der Waals surface area contributed by atoms with Crippen molar-refractivity contribution in [2.24, 2.45) is 11.1 Å². The molecule has 1 saturated carbocycles. The molecular formula is C15H21NO2. The van der Waals surface area contributed by atoms with Gasteiger partial charge in [-0.1, -0.05) is 32.8 Å². The summed E-state index contributed by atoms with van der Waals surface area (Å²) in [5, 5.41) is 0. The van der Waals surface area contributed by atoms with E-state index >= 15 is 0 Å². The summed E-state index contributed by atoms with van der Waals surface area (Å²) >= 11 is 0. The van der Waals surface area contributed by atoms with Crippen LogP contribution in [0.25, 0.3) is 0 Å². The van der Waals surface area contributed by atoms with Crippen LogP contribution in [0, 0.1) is 5.41 Å². The highest BCUT2D eigenvalue weighted by Gasteiger charge is 2.51. The number of nitrogens with two attached hydrogens (primary N) is 1. The molecule has 3 rings (SSSR count). The smallest absolute Gasteiger partial charge is 0.231 e. The van der Waals surface area contributed by atoms with Gasteiger partial charge >= 0.3 is 0 Å². The second-order valence-electron chi connectivity index (χ2n) is 5.78. The first kappa shape index (κ1) is 11.8. The Balaban J connectivity index is 1.84. The molecule has 0 radical (unpaired) electrons. The highest BCUT2D eigenvalue weighted by Crippen LogP contribution is 2.57. The summed E-state index contributed by atoms with van der Waals surface area (Å²) in [4.78, 5) is 0. The van der Waals surface area contributed by atoms with E-state index in [1.165, 1.54) is 18.4 Å². The molecule has 18 heavy (non-hydrogen) atoms. The molecular weight excluding hydrogens is 226 g/mol. The molecule has 2 aliphatic rings. The van der Waals surface area contributed by atoms with Crippen molar-refractivity contribution in [3.05, 3.63) is 23.8 Å². The Bertz CT molecular complexity index is 458. The molecule has 2 N–H and O–H groups in total. The number of hydrogen-bond donors (Lipinski definition) is 1. The molecule has 0 bridgehead atoms. The fourth-order valence-electron chi connectivity index (χ4n) is 3.45. The van der Waals surface area contributed by atoms with Crippen molar-refractivity contribution in [3.8, 4) is 11.5 Å². The van der Waals surface area contributed by atoms with E-state index in [1.54, 1.807) is 0 Å². The topological polar surface area (TPSA) is 44.5 Å². The Hall–Kier alpha value is -1.22. The summed E-state index contributed by atoms with van der Waals surface area (Å²) in [6, 6.07) is 6.12. The highest BCUT2D eigenvalue weighted by atomic mass is 16.7. The molecule has 0 aromatic heterocycles. The van der Waals surface area contributed by atoms with Crippen molar-refractivity contribution in [1.29, 1.82) is 0 Å². The van der Waals surface area contributed by atoms with E-state index in [0.717, 1.165) is 24.3 Å². The van der Waals surface area contributed by atoms with Crippen LogP contribution in [-0.2, 0) is 5.54 Å². The highest BCUT2D eigenvalue weighted by molar-refractivity contribution is 5.47. The third-order valence-corrected chi connectivity index (χ3v) is 4.83. The van der Waals surface area contributed by atoms with Crippen LogP contribution in [0.4, 0.5) is 0 Å². The minimum Gasteiger partial charge on any atom is -0.454 e. The number of hydrogen-bond acceptors (Lipinski definition) is 3. The van der Waals surface area contributed by atoms with Gasteiger partial charge in [-0.3, -0.25) is 0 Å². The molecule has 0 atom stereocenters. The molecule has 3 nitrogen and oxygen atoms in total. The first-order chi connectivity index (χ1) is 8.61. The van der Waals surface area contributed by atoms with Crippen LogP contribution in [0.3, 0.4) is 0 Å².